The van der Waals surface area contributed by atoms with Gasteiger partial charge >= 0.3 is 5.97 Å². The van der Waals surface area contributed by atoms with E-state index in [9.17, 15) is 14.0 Å². The third kappa shape index (κ3) is 2.83. The van der Waals surface area contributed by atoms with Gasteiger partial charge in [-0.25, -0.2) is 9.18 Å². The van der Waals surface area contributed by atoms with E-state index in [1.807, 2.05) is 6.07 Å². The molecular formula is C17H13FN2O3. The molecule has 0 spiro atoms. The number of nitrogens with zero attached hydrogens (tertiary/aromatic N) is 2. The number of ether oxygens (including phenoxy) is 1. The van der Waals surface area contributed by atoms with Gasteiger partial charge in [0.25, 0.3) is 0 Å². The largest absolute Gasteiger partial charge is 0.465 e. The van der Waals surface area contributed by atoms with E-state index in [1.54, 1.807) is 28.9 Å². The molecular weight excluding hydrogens is 299 g/mol. The van der Waals surface area contributed by atoms with Gasteiger partial charge in [-0.3, -0.25) is 9.48 Å². The van der Waals surface area contributed by atoms with Crippen LogP contribution in [-0.4, -0.2) is 22.9 Å². The average Bonchev–Trinajstić information content (AvgIpc) is 2.58. The van der Waals surface area contributed by atoms with E-state index in [4.69, 9.17) is 0 Å². The zero-order valence-electron chi connectivity index (χ0n) is 12.3. The first-order valence-corrected chi connectivity index (χ1v) is 6.92. The third-order valence-electron chi connectivity index (χ3n) is 3.53. The molecule has 0 radical (unpaired) electrons. The lowest BCUT2D eigenvalue weighted by molar-refractivity contribution is 0.0595. The van der Waals surface area contributed by atoms with Gasteiger partial charge in [-0.2, -0.15) is 5.10 Å². The van der Waals surface area contributed by atoms with Crippen molar-refractivity contribution in [2.45, 2.75) is 6.54 Å². The fourth-order valence-corrected chi connectivity index (χ4v) is 2.40. The summed E-state index contributed by atoms with van der Waals surface area (Å²) in [7, 11) is 1.20. The van der Waals surface area contributed by atoms with Crippen molar-refractivity contribution in [3.8, 4) is 0 Å². The first-order chi connectivity index (χ1) is 11.1. The van der Waals surface area contributed by atoms with Crippen molar-refractivity contribution < 1.29 is 13.9 Å². The molecule has 0 saturated heterocycles. The number of hydrogen-bond donors (Lipinski definition) is 0. The maximum atomic E-state index is 13.7. The van der Waals surface area contributed by atoms with Gasteiger partial charge in [0.2, 0.25) is 5.43 Å². The Morgan fingerprint density at radius 3 is 2.83 bits per heavy atom. The number of rotatable bonds is 3. The highest BCUT2D eigenvalue weighted by atomic mass is 19.1. The summed E-state index contributed by atoms with van der Waals surface area (Å²) in [5.74, 6) is -1.37. The molecule has 116 valence electrons. The van der Waals surface area contributed by atoms with E-state index in [-0.39, 0.29) is 11.0 Å². The molecule has 3 rings (SSSR count). The molecule has 6 heteroatoms. The van der Waals surface area contributed by atoms with Crippen molar-refractivity contribution in [3.05, 3.63) is 75.8 Å². The van der Waals surface area contributed by atoms with E-state index in [0.717, 1.165) is 0 Å². The summed E-state index contributed by atoms with van der Waals surface area (Å²) in [5.41, 5.74) is 1.05. The predicted molar refractivity (Wildman–Crippen MR) is 82.8 cm³/mol. The van der Waals surface area contributed by atoms with E-state index in [0.29, 0.717) is 23.0 Å². The summed E-state index contributed by atoms with van der Waals surface area (Å²) in [4.78, 5) is 23.4. The van der Waals surface area contributed by atoms with Crippen LogP contribution in [0.5, 0.6) is 0 Å². The SMILES string of the molecule is COC(=O)c1cc(Cn2ncc(=O)c3ccccc32)ccc1F. The topological polar surface area (TPSA) is 61.2 Å². The zero-order valence-corrected chi connectivity index (χ0v) is 12.3. The number of carbonyl (C=O) groups excluding carboxylic acids is 1. The monoisotopic (exact) mass is 312 g/mol. The van der Waals surface area contributed by atoms with Crippen molar-refractivity contribution in [2.24, 2.45) is 0 Å². The second kappa shape index (κ2) is 6.00. The van der Waals surface area contributed by atoms with E-state index in [1.165, 1.54) is 25.4 Å². The molecule has 0 amide bonds. The first-order valence-electron chi connectivity index (χ1n) is 6.92. The lowest BCUT2D eigenvalue weighted by Gasteiger charge is -2.10. The molecule has 23 heavy (non-hydrogen) atoms. The Labute approximate surface area is 130 Å². The molecule has 1 heterocycles. The van der Waals surface area contributed by atoms with Crippen LogP contribution in [0.25, 0.3) is 10.9 Å². The number of halogens is 1. The minimum atomic E-state index is -0.734. The van der Waals surface area contributed by atoms with Crippen LogP contribution in [0.1, 0.15) is 15.9 Å². The zero-order chi connectivity index (χ0) is 16.4. The Morgan fingerprint density at radius 2 is 2.04 bits per heavy atom. The van der Waals surface area contributed by atoms with Crippen molar-refractivity contribution in [1.82, 2.24) is 9.78 Å². The molecule has 0 aliphatic heterocycles. The molecule has 0 N–H and O–H groups in total. The summed E-state index contributed by atoms with van der Waals surface area (Å²) in [6.45, 7) is 0.297. The Kier molecular flexibility index (Phi) is 3.89. The van der Waals surface area contributed by atoms with Crippen LogP contribution < -0.4 is 5.43 Å². The summed E-state index contributed by atoms with van der Waals surface area (Å²) < 4.78 is 19.9. The number of esters is 1. The number of carbonyl (C=O) groups is 1. The lowest BCUT2D eigenvalue weighted by Crippen LogP contribution is -2.13. The molecule has 0 atom stereocenters. The molecule has 0 aliphatic carbocycles. The Hall–Kier alpha value is -3.02. The molecule has 0 unspecified atom stereocenters. The number of aromatic nitrogens is 2. The van der Waals surface area contributed by atoms with Gasteiger partial charge in [0.1, 0.15) is 5.82 Å². The molecule has 0 bridgehead atoms. The molecule has 3 aromatic rings. The van der Waals surface area contributed by atoms with Crippen LogP contribution in [0.15, 0.2) is 53.5 Å². The smallest absolute Gasteiger partial charge is 0.340 e. The summed E-state index contributed by atoms with van der Waals surface area (Å²) in [6.07, 6.45) is 1.24. The van der Waals surface area contributed by atoms with Gasteiger partial charge < -0.3 is 4.74 Å². The average molecular weight is 312 g/mol. The standard InChI is InChI=1S/C17H13FN2O3/c1-23-17(22)13-8-11(6-7-14(13)18)10-20-15-5-3-2-4-12(15)16(21)9-19-20/h2-9H,10H2,1H3. The second-order valence-corrected chi connectivity index (χ2v) is 4.99. The molecule has 2 aromatic carbocycles. The maximum Gasteiger partial charge on any atom is 0.340 e. The van der Waals surface area contributed by atoms with Crippen LogP contribution in [-0.2, 0) is 11.3 Å². The van der Waals surface area contributed by atoms with Gasteiger partial charge in [0.05, 0.1) is 30.9 Å². The first kappa shape index (κ1) is 14.9. The molecule has 5 nitrogen and oxygen atoms in total. The summed E-state index contributed by atoms with van der Waals surface area (Å²) >= 11 is 0. The molecule has 0 saturated carbocycles. The Morgan fingerprint density at radius 1 is 1.26 bits per heavy atom. The number of para-hydroxylation sites is 1. The lowest BCUT2D eigenvalue weighted by atomic mass is 10.1. The van der Waals surface area contributed by atoms with Crippen molar-refractivity contribution in [2.75, 3.05) is 7.11 Å². The van der Waals surface area contributed by atoms with E-state index >= 15 is 0 Å². The minimum absolute atomic E-state index is 0.129. The second-order valence-electron chi connectivity index (χ2n) is 4.99. The van der Waals surface area contributed by atoms with Crippen LogP contribution in [0, 0.1) is 5.82 Å². The van der Waals surface area contributed by atoms with Crippen molar-refractivity contribution >= 4 is 16.9 Å². The van der Waals surface area contributed by atoms with Crippen molar-refractivity contribution in [1.29, 1.82) is 0 Å². The fourth-order valence-electron chi connectivity index (χ4n) is 2.40. The highest BCUT2D eigenvalue weighted by Gasteiger charge is 2.13. The van der Waals surface area contributed by atoms with Crippen LogP contribution in [0.3, 0.4) is 0 Å². The van der Waals surface area contributed by atoms with Crippen molar-refractivity contribution in [3.63, 3.8) is 0 Å². The maximum absolute atomic E-state index is 13.7. The van der Waals surface area contributed by atoms with E-state index in [2.05, 4.69) is 9.84 Å². The number of methoxy groups -OCH3 is 1. The number of benzene rings is 2. The van der Waals surface area contributed by atoms with Gasteiger partial charge in [-0.1, -0.05) is 18.2 Å². The molecule has 1 aromatic heterocycles. The van der Waals surface area contributed by atoms with Crippen LogP contribution in [0.2, 0.25) is 0 Å². The van der Waals surface area contributed by atoms with Crippen LogP contribution >= 0.6 is 0 Å². The normalized spacial score (nSPS) is 10.7. The quantitative estimate of drug-likeness (QED) is 0.697. The van der Waals surface area contributed by atoms with E-state index < -0.39 is 11.8 Å². The third-order valence-corrected chi connectivity index (χ3v) is 3.53. The predicted octanol–water partition coefficient (Wildman–Crippen LogP) is 2.37. The fraction of sp³-hybridized carbons (Fsp3) is 0.118. The molecule has 0 aliphatic rings. The van der Waals surface area contributed by atoms with Gasteiger partial charge in [-0.15, -0.1) is 0 Å². The minimum Gasteiger partial charge on any atom is -0.465 e. The molecule has 0 fully saturated rings. The number of fused-ring (bicyclic) bond motifs is 1. The van der Waals surface area contributed by atoms with Gasteiger partial charge in [0.15, 0.2) is 0 Å². The summed E-state index contributed by atoms with van der Waals surface area (Å²) in [5, 5.41) is 4.67. The highest BCUT2D eigenvalue weighted by Crippen LogP contribution is 2.15. The highest BCUT2D eigenvalue weighted by molar-refractivity contribution is 5.89. The summed E-state index contributed by atoms with van der Waals surface area (Å²) in [6, 6.07) is 11.3. The van der Waals surface area contributed by atoms with Crippen LogP contribution in [0.4, 0.5) is 4.39 Å². The van der Waals surface area contributed by atoms with Gasteiger partial charge in [-0.05, 0) is 29.8 Å². The Bertz CT molecular complexity index is 950. The Balaban J connectivity index is 2.05. The number of hydrogen-bond acceptors (Lipinski definition) is 4. The van der Waals surface area contributed by atoms with Gasteiger partial charge in [0, 0.05) is 5.39 Å².